The zero-order valence-corrected chi connectivity index (χ0v) is 14.5. The summed E-state index contributed by atoms with van der Waals surface area (Å²) < 4.78 is 0. The molecule has 3 rings (SSSR count). The number of hydrogen-bond acceptors (Lipinski definition) is 4. The molecule has 0 atom stereocenters. The summed E-state index contributed by atoms with van der Waals surface area (Å²) in [5, 5.41) is 14.2. The Kier molecular flexibility index (Phi) is 4.75. The van der Waals surface area contributed by atoms with E-state index < -0.39 is 0 Å². The minimum Gasteiger partial charge on any atom is -0.339 e. The number of nitrogens with one attached hydrogen (secondary N) is 2. The van der Waals surface area contributed by atoms with Crippen LogP contribution in [0.2, 0.25) is 0 Å². The van der Waals surface area contributed by atoms with Gasteiger partial charge in [-0.05, 0) is 67.8 Å². The van der Waals surface area contributed by atoms with Crippen LogP contribution >= 0.6 is 0 Å². The maximum atomic E-state index is 12.3. The molecule has 1 aromatic heterocycles. The maximum absolute atomic E-state index is 12.3. The lowest BCUT2D eigenvalue weighted by Gasteiger charge is -2.09. The van der Waals surface area contributed by atoms with Gasteiger partial charge in [-0.2, -0.15) is 0 Å². The van der Waals surface area contributed by atoms with E-state index in [1.807, 2.05) is 57.2 Å². The lowest BCUT2D eigenvalue weighted by atomic mass is 10.1. The molecular formula is C20H20N4O. The molecule has 0 bridgehead atoms. The summed E-state index contributed by atoms with van der Waals surface area (Å²) in [6.07, 6.45) is 0. The van der Waals surface area contributed by atoms with E-state index in [0.717, 1.165) is 28.1 Å². The largest absolute Gasteiger partial charge is 0.339 e. The monoisotopic (exact) mass is 332 g/mol. The Hall–Kier alpha value is -3.21. The zero-order chi connectivity index (χ0) is 17.8. The van der Waals surface area contributed by atoms with Gasteiger partial charge in [-0.15, -0.1) is 10.2 Å². The summed E-state index contributed by atoms with van der Waals surface area (Å²) in [7, 11) is 0. The van der Waals surface area contributed by atoms with Crippen LogP contribution in [0.3, 0.4) is 0 Å². The van der Waals surface area contributed by atoms with Crippen LogP contribution in [0, 0.1) is 20.8 Å². The predicted molar refractivity (Wildman–Crippen MR) is 100 cm³/mol. The molecule has 5 heteroatoms. The van der Waals surface area contributed by atoms with Crippen molar-refractivity contribution in [3.05, 3.63) is 77.0 Å². The summed E-state index contributed by atoms with van der Waals surface area (Å²) in [4.78, 5) is 12.3. The number of hydrogen-bond donors (Lipinski definition) is 2. The minimum absolute atomic E-state index is 0.273. The van der Waals surface area contributed by atoms with Crippen LogP contribution in [0.4, 0.5) is 17.2 Å². The summed E-state index contributed by atoms with van der Waals surface area (Å²) in [6, 6.07) is 17.2. The number of para-hydroxylation sites is 1. The van der Waals surface area contributed by atoms with E-state index in [0.29, 0.717) is 5.82 Å². The topological polar surface area (TPSA) is 66.9 Å². The average Bonchev–Trinajstić information content (AvgIpc) is 2.56. The summed E-state index contributed by atoms with van der Waals surface area (Å²) >= 11 is 0. The van der Waals surface area contributed by atoms with Crippen LogP contribution in [0.25, 0.3) is 0 Å². The number of carbonyl (C=O) groups excluding carboxylic acids is 1. The van der Waals surface area contributed by atoms with Crippen molar-refractivity contribution in [2.45, 2.75) is 20.8 Å². The highest BCUT2D eigenvalue weighted by Crippen LogP contribution is 2.18. The molecule has 5 nitrogen and oxygen atoms in total. The number of aryl methyl sites for hydroxylation is 3. The molecule has 0 aliphatic carbocycles. The van der Waals surface area contributed by atoms with Gasteiger partial charge in [0.05, 0.1) is 0 Å². The number of amides is 1. The first kappa shape index (κ1) is 16.6. The highest BCUT2D eigenvalue weighted by Gasteiger charge is 2.09. The van der Waals surface area contributed by atoms with Gasteiger partial charge in [0.25, 0.3) is 5.91 Å². The average molecular weight is 332 g/mol. The smallest absolute Gasteiger partial charge is 0.276 e. The third kappa shape index (κ3) is 4.20. The van der Waals surface area contributed by atoms with Gasteiger partial charge in [0.15, 0.2) is 11.5 Å². The molecule has 0 fully saturated rings. The second-order valence-electron chi connectivity index (χ2n) is 6.07. The normalized spacial score (nSPS) is 10.4. The minimum atomic E-state index is -0.278. The molecule has 25 heavy (non-hydrogen) atoms. The number of nitrogens with zero attached hydrogens (tertiary/aromatic N) is 2. The molecule has 1 heterocycles. The lowest BCUT2D eigenvalue weighted by molar-refractivity contribution is 0.102. The molecule has 3 aromatic rings. The van der Waals surface area contributed by atoms with Gasteiger partial charge < -0.3 is 10.6 Å². The number of carbonyl (C=O) groups is 1. The Labute approximate surface area is 147 Å². The van der Waals surface area contributed by atoms with E-state index in [2.05, 4.69) is 26.9 Å². The number of aromatic nitrogens is 2. The van der Waals surface area contributed by atoms with E-state index in [1.165, 1.54) is 0 Å². The Morgan fingerprint density at radius 3 is 2.24 bits per heavy atom. The molecule has 126 valence electrons. The summed E-state index contributed by atoms with van der Waals surface area (Å²) in [5.74, 6) is 0.317. The van der Waals surface area contributed by atoms with Gasteiger partial charge in [-0.3, -0.25) is 4.79 Å². The van der Waals surface area contributed by atoms with Crippen molar-refractivity contribution >= 4 is 23.1 Å². The quantitative estimate of drug-likeness (QED) is 0.743. The van der Waals surface area contributed by atoms with Crippen molar-refractivity contribution in [1.29, 1.82) is 0 Å². The van der Waals surface area contributed by atoms with E-state index in [9.17, 15) is 4.79 Å². The first-order chi connectivity index (χ1) is 12.0. The number of benzene rings is 2. The molecule has 0 saturated carbocycles. The van der Waals surface area contributed by atoms with E-state index in [4.69, 9.17) is 0 Å². The van der Waals surface area contributed by atoms with Crippen LogP contribution in [-0.4, -0.2) is 16.1 Å². The number of rotatable bonds is 4. The number of anilines is 3. The molecule has 2 N–H and O–H groups in total. The summed E-state index contributed by atoms with van der Waals surface area (Å²) in [6.45, 7) is 6.00. The molecule has 0 spiro atoms. The Bertz CT molecular complexity index is 884. The van der Waals surface area contributed by atoms with Gasteiger partial charge in [-0.1, -0.05) is 24.3 Å². The van der Waals surface area contributed by atoms with Gasteiger partial charge in [-0.25, -0.2) is 0 Å². The fraction of sp³-hybridized carbons (Fsp3) is 0.150. The molecule has 0 aliphatic rings. The third-order valence-corrected chi connectivity index (χ3v) is 3.78. The van der Waals surface area contributed by atoms with Crippen LogP contribution in [0.5, 0.6) is 0 Å². The van der Waals surface area contributed by atoms with Crippen LogP contribution in [0.1, 0.15) is 27.2 Å². The van der Waals surface area contributed by atoms with Crippen molar-refractivity contribution in [3.63, 3.8) is 0 Å². The van der Waals surface area contributed by atoms with Crippen LogP contribution < -0.4 is 10.6 Å². The van der Waals surface area contributed by atoms with E-state index >= 15 is 0 Å². The second-order valence-corrected chi connectivity index (χ2v) is 6.07. The molecule has 0 radical (unpaired) electrons. The first-order valence-corrected chi connectivity index (χ1v) is 8.07. The van der Waals surface area contributed by atoms with Gasteiger partial charge in [0.1, 0.15) is 0 Å². The fourth-order valence-corrected chi connectivity index (χ4v) is 2.61. The second kappa shape index (κ2) is 7.13. The Morgan fingerprint density at radius 1 is 0.880 bits per heavy atom. The molecular weight excluding hydrogens is 312 g/mol. The summed E-state index contributed by atoms with van der Waals surface area (Å²) in [5.41, 5.74) is 5.30. The van der Waals surface area contributed by atoms with Crippen molar-refractivity contribution in [2.75, 3.05) is 10.6 Å². The zero-order valence-electron chi connectivity index (χ0n) is 14.5. The molecule has 1 amide bonds. The highest BCUT2D eigenvalue weighted by molar-refractivity contribution is 6.02. The van der Waals surface area contributed by atoms with Crippen molar-refractivity contribution in [1.82, 2.24) is 10.2 Å². The van der Waals surface area contributed by atoms with E-state index in [1.54, 1.807) is 12.1 Å². The van der Waals surface area contributed by atoms with Crippen molar-refractivity contribution in [3.8, 4) is 0 Å². The first-order valence-electron chi connectivity index (χ1n) is 8.07. The van der Waals surface area contributed by atoms with Crippen molar-refractivity contribution in [2.24, 2.45) is 0 Å². The lowest BCUT2D eigenvalue weighted by Crippen LogP contribution is -2.14. The molecule has 0 saturated heterocycles. The molecule has 0 aliphatic heterocycles. The Balaban J connectivity index is 1.71. The van der Waals surface area contributed by atoms with E-state index in [-0.39, 0.29) is 11.6 Å². The molecule has 2 aromatic carbocycles. The van der Waals surface area contributed by atoms with Gasteiger partial charge in [0.2, 0.25) is 0 Å². The highest BCUT2D eigenvalue weighted by atomic mass is 16.1. The van der Waals surface area contributed by atoms with Crippen LogP contribution in [-0.2, 0) is 0 Å². The standard InChI is InChI=1S/C20H20N4O/c1-13-10-14(2)12-16(11-13)21-20(25)18-8-9-19(24-23-18)22-17-7-5-4-6-15(17)3/h4-12H,1-3H3,(H,21,25)(H,22,24). The maximum Gasteiger partial charge on any atom is 0.276 e. The van der Waals surface area contributed by atoms with Gasteiger partial charge in [0, 0.05) is 11.4 Å². The van der Waals surface area contributed by atoms with Crippen molar-refractivity contribution < 1.29 is 4.79 Å². The van der Waals surface area contributed by atoms with Crippen LogP contribution in [0.15, 0.2) is 54.6 Å². The molecule has 0 unspecified atom stereocenters. The Morgan fingerprint density at radius 2 is 1.60 bits per heavy atom. The fourth-order valence-electron chi connectivity index (χ4n) is 2.61. The predicted octanol–water partition coefficient (Wildman–Crippen LogP) is 4.40. The SMILES string of the molecule is Cc1cc(C)cc(NC(=O)c2ccc(Nc3ccccc3C)nn2)c1. The third-order valence-electron chi connectivity index (χ3n) is 3.78. The van der Waals surface area contributed by atoms with Gasteiger partial charge >= 0.3 is 0 Å².